The first kappa shape index (κ1) is 11.7. The molecule has 0 aliphatic rings. The Morgan fingerprint density at radius 2 is 2.07 bits per heavy atom. The lowest BCUT2D eigenvalue weighted by atomic mass is 10.2. The topological polar surface area (TPSA) is 50.1 Å². The van der Waals surface area contributed by atoms with Gasteiger partial charge in [-0.2, -0.15) is 5.26 Å². The maximum absolute atomic E-state index is 10.8. The summed E-state index contributed by atoms with van der Waals surface area (Å²) in [7, 11) is -0.815. The van der Waals surface area contributed by atoms with Crippen LogP contribution >= 0.6 is 0 Å². The molecular weight excluding hydrogens is 210 g/mol. The Hall–Kier alpha value is -1.34. The normalized spacial score (nSPS) is 11.7. The Morgan fingerprint density at radius 3 is 2.60 bits per heavy atom. The first-order valence-corrected chi connectivity index (χ1v) is 6.34. The van der Waals surface area contributed by atoms with E-state index in [2.05, 4.69) is 6.07 Å². The van der Waals surface area contributed by atoms with Crippen LogP contribution in [0.2, 0.25) is 0 Å². The van der Waals surface area contributed by atoms with Gasteiger partial charge in [-0.05, 0) is 17.7 Å². The van der Waals surface area contributed by atoms with Crippen molar-refractivity contribution >= 4 is 10.8 Å². The quantitative estimate of drug-likeness (QED) is 0.760. The summed E-state index contributed by atoms with van der Waals surface area (Å²) in [5.74, 6) is 1.29. The van der Waals surface area contributed by atoms with Crippen LogP contribution in [0.1, 0.15) is 5.56 Å². The molecule has 80 valence electrons. The molecule has 0 heterocycles. The second-order valence-electron chi connectivity index (χ2n) is 3.10. The molecule has 15 heavy (non-hydrogen) atoms. The van der Waals surface area contributed by atoms with Crippen LogP contribution in [0.3, 0.4) is 0 Å². The standard InChI is InChI=1S/C11H13NO2S/c1-15(13)9-8-14-11-4-2-10(3-5-11)6-7-12/h2-5H,6,8-9H2,1H3. The molecule has 0 saturated carbocycles. The van der Waals surface area contributed by atoms with Crippen molar-refractivity contribution in [2.75, 3.05) is 18.6 Å². The number of ether oxygens (including phenoxy) is 1. The van der Waals surface area contributed by atoms with E-state index in [1.807, 2.05) is 24.3 Å². The summed E-state index contributed by atoms with van der Waals surface area (Å²) in [5, 5.41) is 8.48. The van der Waals surface area contributed by atoms with Crippen molar-refractivity contribution in [3.8, 4) is 11.8 Å². The summed E-state index contributed by atoms with van der Waals surface area (Å²) in [6.07, 6.45) is 2.07. The lowest BCUT2D eigenvalue weighted by molar-refractivity contribution is 0.342. The molecule has 1 aromatic carbocycles. The second kappa shape index (κ2) is 6.20. The summed E-state index contributed by atoms with van der Waals surface area (Å²) >= 11 is 0. The van der Waals surface area contributed by atoms with Gasteiger partial charge in [-0.3, -0.25) is 4.21 Å². The molecule has 0 aliphatic heterocycles. The van der Waals surface area contributed by atoms with Crippen LogP contribution < -0.4 is 4.74 Å². The van der Waals surface area contributed by atoms with Gasteiger partial charge in [0, 0.05) is 17.1 Å². The number of rotatable bonds is 5. The maximum Gasteiger partial charge on any atom is 0.119 e. The van der Waals surface area contributed by atoms with Gasteiger partial charge < -0.3 is 4.74 Å². The van der Waals surface area contributed by atoms with Crippen LogP contribution in [0.15, 0.2) is 24.3 Å². The van der Waals surface area contributed by atoms with Gasteiger partial charge >= 0.3 is 0 Å². The van der Waals surface area contributed by atoms with Crippen LogP contribution in [0, 0.1) is 11.3 Å². The van der Waals surface area contributed by atoms with E-state index in [1.165, 1.54) is 0 Å². The van der Waals surface area contributed by atoms with E-state index < -0.39 is 10.8 Å². The fourth-order valence-corrected chi connectivity index (χ4v) is 1.39. The van der Waals surface area contributed by atoms with E-state index in [9.17, 15) is 4.21 Å². The van der Waals surface area contributed by atoms with Crippen LogP contribution in [0.4, 0.5) is 0 Å². The van der Waals surface area contributed by atoms with Crippen LogP contribution in [-0.4, -0.2) is 22.8 Å². The fourth-order valence-electron chi connectivity index (χ4n) is 1.07. The van der Waals surface area contributed by atoms with Crippen LogP contribution in [0.5, 0.6) is 5.75 Å². The molecule has 0 aromatic heterocycles. The Kier molecular flexibility index (Phi) is 4.85. The predicted octanol–water partition coefficient (Wildman–Crippen LogP) is 1.51. The first-order valence-electron chi connectivity index (χ1n) is 4.61. The number of benzene rings is 1. The van der Waals surface area contributed by atoms with Crippen molar-refractivity contribution in [1.82, 2.24) is 0 Å². The van der Waals surface area contributed by atoms with Gasteiger partial charge in [0.1, 0.15) is 5.75 Å². The fraction of sp³-hybridized carbons (Fsp3) is 0.364. The molecule has 0 radical (unpaired) electrons. The lowest BCUT2D eigenvalue weighted by Gasteiger charge is -2.04. The highest BCUT2D eigenvalue weighted by Crippen LogP contribution is 2.12. The average molecular weight is 223 g/mol. The minimum Gasteiger partial charge on any atom is -0.493 e. The average Bonchev–Trinajstić information content (AvgIpc) is 2.20. The van der Waals surface area contributed by atoms with E-state index in [-0.39, 0.29) is 0 Å². The van der Waals surface area contributed by atoms with E-state index >= 15 is 0 Å². The molecule has 0 bridgehead atoms. The Labute approximate surface area is 92.1 Å². The number of nitrogens with zero attached hydrogens (tertiary/aromatic N) is 1. The predicted molar refractivity (Wildman–Crippen MR) is 60.2 cm³/mol. The highest BCUT2D eigenvalue weighted by molar-refractivity contribution is 7.84. The largest absolute Gasteiger partial charge is 0.493 e. The third-order valence-corrected chi connectivity index (χ3v) is 2.59. The van der Waals surface area contributed by atoms with Crippen molar-refractivity contribution in [2.45, 2.75) is 6.42 Å². The van der Waals surface area contributed by atoms with Gasteiger partial charge in [-0.1, -0.05) is 12.1 Å². The lowest BCUT2D eigenvalue weighted by Crippen LogP contribution is -2.06. The smallest absolute Gasteiger partial charge is 0.119 e. The zero-order chi connectivity index (χ0) is 11.1. The molecule has 1 aromatic rings. The third-order valence-electron chi connectivity index (χ3n) is 1.85. The maximum atomic E-state index is 10.8. The van der Waals surface area contributed by atoms with Crippen molar-refractivity contribution < 1.29 is 8.95 Å². The zero-order valence-corrected chi connectivity index (χ0v) is 9.42. The van der Waals surface area contributed by atoms with Gasteiger partial charge in [-0.25, -0.2) is 0 Å². The zero-order valence-electron chi connectivity index (χ0n) is 8.60. The van der Waals surface area contributed by atoms with Crippen molar-refractivity contribution in [1.29, 1.82) is 5.26 Å². The van der Waals surface area contributed by atoms with Crippen molar-refractivity contribution in [2.24, 2.45) is 0 Å². The SMILES string of the molecule is CS(=O)CCOc1ccc(CC#N)cc1. The van der Waals surface area contributed by atoms with Gasteiger partial charge in [0.15, 0.2) is 0 Å². The summed E-state index contributed by atoms with van der Waals surface area (Å²) in [6.45, 7) is 0.459. The van der Waals surface area contributed by atoms with E-state index in [1.54, 1.807) is 6.26 Å². The molecule has 0 amide bonds. The van der Waals surface area contributed by atoms with Crippen molar-refractivity contribution in [3.05, 3.63) is 29.8 Å². The van der Waals surface area contributed by atoms with Crippen LogP contribution in [0.25, 0.3) is 0 Å². The molecule has 1 unspecified atom stereocenters. The van der Waals surface area contributed by atoms with Crippen molar-refractivity contribution in [3.63, 3.8) is 0 Å². The molecule has 1 atom stereocenters. The summed E-state index contributed by atoms with van der Waals surface area (Å²) in [4.78, 5) is 0. The number of nitriles is 1. The molecule has 0 spiro atoms. The first-order chi connectivity index (χ1) is 7.22. The molecule has 0 aliphatic carbocycles. The molecule has 3 nitrogen and oxygen atoms in total. The Bertz CT molecular complexity index is 367. The van der Waals surface area contributed by atoms with Crippen LogP contribution in [-0.2, 0) is 17.2 Å². The summed E-state index contributed by atoms with van der Waals surface area (Å²) in [5.41, 5.74) is 0.976. The summed E-state index contributed by atoms with van der Waals surface area (Å²) in [6, 6.07) is 9.45. The molecule has 0 saturated heterocycles. The third kappa shape index (κ3) is 4.61. The molecule has 4 heteroatoms. The van der Waals surface area contributed by atoms with Gasteiger partial charge in [0.2, 0.25) is 0 Å². The number of hydrogen-bond acceptors (Lipinski definition) is 3. The minimum absolute atomic E-state index is 0.416. The van der Waals surface area contributed by atoms with E-state index in [4.69, 9.17) is 10.00 Å². The van der Waals surface area contributed by atoms with Gasteiger partial charge in [0.25, 0.3) is 0 Å². The van der Waals surface area contributed by atoms with E-state index in [0.29, 0.717) is 18.8 Å². The minimum atomic E-state index is -0.815. The highest BCUT2D eigenvalue weighted by Gasteiger charge is 1.96. The van der Waals surface area contributed by atoms with Gasteiger partial charge in [0.05, 0.1) is 24.8 Å². The summed E-state index contributed by atoms with van der Waals surface area (Å²) < 4.78 is 16.1. The number of hydrogen-bond donors (Lipinski definition) is 0. The Morgan fingerprint density at radius 1 is 1.40 bits per heavy atom. The highest BCUT2D eigenvalue weighted by atomic mass is 32.2. The van der Waals surface area contributed by atoms with E-state index in [0.717, 1.165) is 11.3 Å². The monoisotopic (exact) mass is 223 g/mol. The van der Waals surface area contributed by atoms with Gasteiger partial charge in [-0.15, -0.1) is 0 Å². The molecule has 1 rings (SSSR count). The Balaban J connectivity index is 2.43. The second-order valence-corrected chi connectivity index (χ2v) is 4.66. The molecule has 0 fully saturated rings. The molecular formula is C11H13NO2S. The molecule has 0 N–H and O–H groups in total.